The minimum Gasteiger partial charge on any atom is -0.393 e. The summed E-state index contributed by atoms with van der Waals surface area (Å²) in [6.07, 6.45) is 15.7. The Hall–Kier alpha value is -2.60. The van der Waals surface area contributed by atoms with Crippen LogP contribution in [0.5, 0.6) is 0 Å². The summed E-state index contributed by atoms with van der Waals surface area (Å²) in [6.45, 7) is 5.19. The van der Waals surface area contributed by atoms with Gasteiger partial charge < -0.3 is 20.2 Å². The Labute approximate surface area is 237 Å². The van der Waals surface area contributed by atoms with E-state index in [1.165, 1.54) is 5.06 Å². The lowest BCUT2D eigenvalue weighted by Gasteiger charge is -2.58. The predicted octanol–water partition coefficient (Wildman–Crippen LogP) is 3.83. The highest BCUT2D eigenvalue weighted by molar-refractivity contribution is 6.01. The highest BCUT2D eigenvalue weighted by Gasteiger charge is 2.64. The van der Waals surface area contributed by atoms with Crippen LogP contribution in [0.3, 0.4) is 0 Å². The van der Waals surface area contributed by atoms with Gasteiger partial charge in [-0.15, -0.1) is 12.8 Å². The average Bonchev–Trinajstić information content (AvgIpc) is 3.23. The van der Waals surface area contributed by atoms with Crippen molar-refractivity contribution in [1.29, 1.82) is 0 Å². The van der Waals surface area contributed by atoms with Crippen LogP contribution >= 0.6 is 0 Å². The van der Waals surface area contributed by atoms with Crippen molar-refractivity contribution >= 4 is 11.6 Å². The molecule has 7 heteroatoms. The van der Waals surface area contributed by atoms with E-state index in [1.807, 2.05) is 36.4 Å². The third-order valence-corrected chi connectivity index (χ3v) is 10.2. The van der Waals surface area contributed by atoms with Gasteiger partial charge in [0.25, 0.3) is 0 Å². The number of benzene rings is 1. The summed E-state index contributed by atoms with van der Waals surface area (Å²) < 4.78 is 5.74. The van der Waals surface area contributed by atoms with Gasteiger partial charge >= 0.3 is 0 Å². The first-order valence-corrected chi connectivity index (χ1v) is 14.3. The van der Waals surface area contributed by atoms with Crippen LogP contribution in [0.1, 0.15) is 45.1 Å². The molecule has 216 valence electrons. The van der Waals surface area contributed by atoms with E-state index < -0.39 is 24.0 Å². The normalized spacial score (nSPS) is 36.1. The van der Waals surface area contributed by atoms with Gasteiger partial charge in [-0.05, 0) is 66.6 Å². The highest BCUT2D eigenvalue weighted by atomic mass is 16.5. The fraction of sp³-hybridized carbons (Fsp3) is 0.576. The molecule has 40 heavy (non-hydrogen) atoms. The fourth-order valence-corrected chi connectivity index (χ4v) is 8.71. The number of Topliss-reactive ketones (excluding diaryl/α,β-unsaturated/α-hetero) is 1. The van der Waals surface area contributed by atoms with Crippen LogP contribution < -0.4 is 0 Å². The number of rotatable bonds is 9. The van der Waals surface area contributed by atoms with Gasteiger partial charge in [0, 0.05) is 30.3 Å². The molecule has 3 fully saturated rings. The largest absolute Gasteiger partial charge is 0.393 e. The lowest BCUT2D eigenvalue weighted by atomic mass is 9.46. The van der Waals surface area contributed by atoms with Gasteiger partial charge in [0.2, 0.25) is 0 Å². The van der Waals surface area contributed by atoms with Gasteiger partial charge in [0.15, 0.2) is 11.6 Å². The maximum Gasteiger partial charge on any atom is 0.178 e. The number of hydrogen-bond donors (Lipinski definition) is 3. The predicted molar refractivity (Wildman–Crippen MR) is 152 cm³/mol. The van der Waals surface area contributed by atoms with Crippen LogP contribution in [0.4, 0.5) is 0 Å². The van der Waals surface area contributed by atoms with E-state index in [0.29, 0.717) is 32.7 Å². The summed E-state index contributed by atoms with van der Waals surface area (Å²) in [4.78, 5) is 25.2. The number of allylic oxidation sites excluding steroid dienone is 4. The summed E-state index contributed by atoms with van der Waals surface area (Å²) >= 11 is 0. The van der Waals surface area contributed by atoms with Crippen molar-refractivity contribution in [1.82, 2.24) is 5.06 Å². The maximum atomic E-state index is 13.2. The average molecular weight is 550 g/mol. The molecule has 1 aromatic rings. The highest BCUT2D eigenvalue weighted by Crippen LogP contribution is 2.67. The second-order valence-electron chi connectivity index (χ2n) is 12.3. The minimum absolute atomic E-state index is 0.0105. The lowest BCUT2D eigenvalue weighted by molar-refractivity contribution is -0.146. The first-order valence-electron chi connectivity index (χ1n) is 14.3. The third kappa shape index (κ3) is 5.61. The Bertz CT molecular complexity index is 1140. The second kappa shape index (κ2) is 12.5. The number of ether oxygens (including phenoxy) is 1. The zero-order chi connectivity index (χ0) is 29.1. The zero-order valence-electron chi connectivity index (χ0n) is 23.6. The van der Waals surface area contributed by atoms with Crippen molar-refractivity contribution in [3.63, 3.8) is 0 Å². The van der Waals surface area contributed by atoms with Gasteiger partial charge in [-0.3, -0.25) is 9.59 Å². The molecule has 4 aliphatic rings. The number of ketones is 2. The number of aliphatic hydroxyl groups is 2. The van der Waals surface area contributed by atoms with Gasteiger partial charge in [0.1, 0.15) is 6.61 Å². The molecule has 8 atom stereocenters. The number of hydroxylamine groups is 2. The Morgan fingerprint density at radius 3 is 2.62 bits per heavy atom. The molecule has 0 amide bonds. The Morgan fingerprint density at radius 2 is 1.93 bits per heavy atom. The molecule has 0 heterocycles. The Balaban J connectivity index is 0.00000181. The van der Waals surface area contributed by atoms with Crippen molar-refractivity contribution in [2.24, 2.45) is 40.4 Å². The molecule has 7 nitrogen and oxygen atoms in total. The molecule has 4 aliphatic carbocycles. The molecule has 3 saturated carbocycles. The number of carbonyl (C=O) groups is 2. The second-order valence-corrected chi connectivity index (χ2v) is 12.3. The molecule has 0 aromatic heterocycles. The van der Waals surface area contributed by atoms with E-state index in [-0.39, 0.29) is 40.7 Å². The Morgan fingerprint density at radius 1 is 1.20 bits per heavy atom. The van der Waals surface area contributed by atoms with E-state index in [4.69, 9.17) is 4.74 Å². The molecule has 0 bridgehead atoms. The van der Waals surface area contributed by atoms with Crippen LogP contribution in [0.15, 0.2) is 54.1 Å². The number of nitrogens with zero attached hydrogens (tertiary/aromatic N) is 1. The number of aliphatic hydroxyl groups excluding tert-OH is 2. The number of terminal acetylenes is 1. The standard InChI is InChI=1S/C31H41NO6.C2H2/c1-30-11-10-23(34)15-22(30)8-9-24-25-14-21(17-32(37)12-13-38-19-20-6-4-3-5-7-20)28(27(36)18-33)31(25,2)16-26(35)29(24)30;1-2/h3-7,10-11,15,21,24-26,28-29,33,35,37H,8-9,12-14,16-19H2,1-2H3;1-2H/t21-,24?,25?,26?,28?,29?,30?,31?;/m0./s1. The molecule has 1 aromatic carbocycles. The smallest absolute Gasteiger partial charge is 0.178 e. The first-order chi connectivity index (χ1) is 19.2. The fourth-order valence-electron chi connectivity index (χ4n) is 8.71. The van der Waals surface area contributed by atoms with Crippen LogP contribution in [0, 0.1) is 53.3 Å². The van der Waals surface area contributed by atoms with Crippen molar-refractivity contribution in [2.45, 2.75) is 52.2 Å². The van der Waals surface area contributed by atoms with E-state index in [2.05, 4.69) is 26.7 Å². The number of carbonyl (C=O) groups excluding carboxylic acids is 2. The first kappa shape index (κ1) is 30.4. The molecule has 0 saturated heterocycles. The number of fused-ring (bicyclic) bond motifs is 5. The van der Waals surface area contributed by atoms with Crippen LogP contribution in [0.25, 0.3) is 0 Å². The molecule has 7 unspecified atom stereocenters. The summed E-state index contributed by atoms with van der Waals surface area (Å²) in [7, 11) is 0. The molecular weight excluding hydrogens is 506 g/mol. The quantitative estimate of drug-likeness (QED) is 0.244. The van der Waals surface area contributed by atoms with E-state index in [9.17, 15) is 25.0 Å². The van der Waals surface area contributed by atoms with Gasteiger partial charge in [0.05, 0.1) is 19.3 Å². The molecule has 0 radical (unpaired) electrons. The summed E-state index contributed by atoms with van der Waals surface area (Å²) in [6, 6.07) is 9.88. The van der Waals surface area contributed by atoms with E-state index in [0.717, 1.165) is 30.4 Å². The summed E-state index contributed by atoms with van der Waals surface area (Å²) in [5.41, 5.74) is 1.35. The molecule has 0 spiro atoms. The number of hydrogen-bond acceptors (Lipinski definition) is 7. The lowest BCUT2D eigenvalue weighted by Crippen LogP contribution is -2.56. The van der Waals surface area contributed by atoms with E-state index >= 15 is 0 Å². The Kier molecular flexibility index (Phi) is 9.49. The van der Waals surface area contributed by atoms with Gasteiger partial charge in [-0.2, -0.15) is 5.06 Å². The van der Waals surface area contributed by atoms with E-state index in [1.54, 1.807) is 12.2 Å². The maximum absolute atomic E-state index is 13.2. The summed E-state index contributed by atoms with van der Waals surface area (Å²) in [5.74, 6) is -0.381. The SMILES string of the molecule is C#C.CC12C=CC(=O)C=C1CCC1C2C(O)CC2(C)C1C[C@@H](CN(O)CCOCc1ccccc1)C2C(=O)CO. The van der Waals surface area contributed by atoms with Crippen LogP contribution in [-0.2, 0) is 20.9 Å². The topological polar surface area (TPSA) is 107 Å². The molecule has 0 aliphatic heterocycles. The minimum atomic E-state index is -0.614. The van der Waals surface area contributed by atoms with Crippen molar-refractivity contribution in [3.8, 4) is 12.8 Å². The molecule has 3 N–H and O–H groups in total. The molecular formula is C33H43NO6. The summed E-state index contributed by atoms with van der Waals surface area (Å²) in [5, 5.41) is 33.5. The van der Waals surface area contributed by atoms with Crippen molar-refractivity contribution in [2.75, 3.05) is 26.3 Å². The van der Waals surface area contributed by atoms with Crippen molar-refractivity contribution in [3.05, 3.63) is 59.7 Å². The van der Waals surface area contributed by atoms with Crippen LogP contribution in [-0.4, -0.2) is 64.5 Å². The zero-order valence-corrected chi connectivity index (χ0v) is 23.6. The monoisotopic (exact) mass is 549 g/mol. The van der Waals surface area contributed by atoms with Gasteiger partial charge in [-0.25, -0.2) is 0 Å². The van der Waals surface area contributed by atoms with Gasteiger partial charge in [-0.1, -0.05) is 55.8 Å². The van der Waals surface area contributed by atoms with Crippen LogP contribution in [0.2, 0.25) is 0 Å². The molecule has 5 rings (SSSR count). The van der Waals surface area contributed by atoms with Crippen molar-refractivity contribution < 1.29 is 29.7 Å². The third-order valence-electron chi connectivity index (χ3n) is 10.2.